The molecular weight excluding hydrogens is 410 g/mol. The highest BCUT2D eigenvalue weighted by Gasteiger charge is 2.26. The van der Waals surface area contributed by atoms with Crippen molar-refractivity contribution in [3.05, 3.63) is 57.6 Å². The summed E-state index contributed by atoms with van der Waals surface area (Å²) in [5.74, 6) is -0.613. The van der Waals surface area contributed by atoms with E-state index in [4.69, 9.17) is 11.6 Å². The molecule has 2 amide bonds. The monoisotopic (exact) mass is 427 g/mol. The van der Waals surface area contributed by atoms with Crippen molar-refractivity contribution in [2.75, 3.05) is 11.9 Å². The minimum absolute atomic E-state index is 0.0933. The molecular formula is C19H18ClN7O3. The molecule has 0 fully saturated rings. The molecule has 1 atom stereocenters. The highest BCUT2D eigenvalue weighted by Crippen LogP contribution is 2.35. The zero-order valence-corrected chi connectivity index (χ0v) is 16.9. The zero-order chi connectivity index (χ0) is 21.4. The van der Waals surface area contributed by atoms with Crippen LogP contribution in [-0.4, -0.2) is 48.7 Å². The van der Waals surface area contributed by atoms with Gasteiger partial charge in [-0.05, 0) is 48.9 Å². The molecule has 30 heavy (non-hydrogen) atoms. The maximum absolute atomic E-state index is 12.7. The van der Waals surface area contributed by atoms with Crippen molar-refractivity contribution in [2.24, 2.45) is 0 Å². The number of aryl methyl sites for hydroxylation is 1. The molecule has 154 valence electrons. The normalized spacial score (nSPS) is 15.2. The number of fused-ring (bicyclic) bond motifs is 1. The Kier molecular flexibility index (Phi) is 5.10. The first kappa shape index (κ1) is 19.8. The average molecular weight is 428 g/mol. The van der Waals surface area contributed by atoms with Gasteiger partial charge in [0.25, 0.3) is 11.8 Å². The molecule has 0 saturated heterocycles. The van der Waals surface area contributed by atoms with Gasteiger partial charge in [0.15, 0.2) is 12.6 Å². The fraction of sp³-hybridized carbons (Fsp3) is 0.211. The van der Waals surface area contributed by atoms with E-state index < -0.39 is 6.23 Å². The highest BCUT2D eigenvalue weighted by molar-refractivity contribution is 6.36. The Morgan fingerprint density at radius 2 is 2.20 bits per heavy atom. The summed E-state index contributed by atoms with van der Waals surface area (Å²) in [5, 5.41) is 26.8. The molecule has 4 rings (SSSR count). The second-order valence-corrected chi connectivity index (χ2v) is 7.25. The Morgan fingerprint density at radius 1 is 1.40 bits per heavy atom. The molecule has 1 aromatic carbocycles. The van der Waals surface area contributed by atoms with Crippen molar-refractivity contribution in [3.63, 3.8) is 0 Å². The number of anilines is 1. The maximum Gasteiger partial charge on any atom is 0.256 e. The predicted octanol–water partition coefficient (Wildman–Crippen LogP) is 1.69. The number of rotatable bonds is 5. The average Bonchev–Trinajstić information content (AvgIpc) is 3.40. The molecule has 0 radical (unpaired) electrons. The van der Waals surface area contributed by atoms with Gasteiger partial charge in [0, 0.05) is 27.7 Å². The molecule has 10 nitrogen and oxygen atoms in total. The molecule has 1 aliphatic rings. The minimum atomic E-state index is -1.14. The molecule has 4 N–H and O–H groups in total. The van der Waals surface area contributed by atoms with Crippen molar-refractivity contribution in [2.45, 2.75) is 20.1 Å². The number of nitrogens with zero attached hydrogens (tertiary/aromatic N) is 4. The van der Waals surface area contributed by atoms with Crippen LogP contribution in [0.5, 0.6) is 0 Å². The molecule has 0 aliphatic carbocycles. The van der Waals surface area contributed by atoms with E-state index in [1.54, 1.807) is 38.1 Å². The van der Waals surface area contributed by atoms with E-state index in [0.717, 1.165) is 4.80 Å². The van der Waals surface area contributed by atoms with Gasteiger partial charge in [-0.1, -0.05) is 11.6 Å². The molecule has 3 heterocycles. The molecule has 0 bridgehead atoms. The number of hydrogen-bond donors (Lipinski definition) is 4. The van der Waals surface area contributed by atoms with Gasteiger partial charge in [0.05, 0.1) is 17.7 Å². The largest absolute Gasteiger partial charge is 0.369 e. The smallest absolute Gasteiger partial charge is 0.256 e. The SMILES string of the molecule is Cc1[nH]c(C=C2C(=O)Nc3ccc(Cl)cc32)c(C)c1C(=O)NCC(O)n1ncnn1. The van der Waals surface area contributed by atoms with Crippen LogP contribution in [0, 0.1) is 13.8 Å². The third-order valence-electron chi connectivity index (χ3n) is 4.83. The number of aliphatic hydroxyl groups excluding tert-OH is 1. The summed E-state index contributed by atoms with van der Waals surface area (Å²) in [7, 11) is 0. The summed E-state index contributed by atoms with van der Waals surface area (Å²) in [4.78, 5) is 29.2. The number of H-pyrrole nitrogens is 1. The Labute approximate surface area is 175 Å². The van der Waals surface area contributed by atoms with E-state index in [2.05, 4.69) is 31.0 Å². The number of halogens is 1. The Balaban J connectivity index is 1.58. The first-order valence-electron chi connectivity index (χ1n) is 9.06. The van der Waals surface area contributed by atoms with Gasteiger partial charge >= 0.3 is 0 Å². The molecule has 11 heteroatoms. The standard InChI is InChI=1S/C19H18ClN7O3/c1-9-15(6-13-12-5-11(20)3-4-14(12)25-18(13)29)24-10(2)17(9)19(30)21-7-16(28)27-23-8-22-26-27/h3-6,8,16,24,28H,7H2,1-2H3,(H,21,30)(H,25,29). The molecule has 1 unspecified atom stereocenters. The molecule has 3 aromatic rings. The van der Waals surface area contributed by atoms with Crippen LogP contribution in [0.3, 0.4) is 0 Å². The molecule has 0 saturated carbocycles. The first-order valence-corrected chi connectivity index (χ1v) is 9.44. The number of tetrazole rings is 1. The number of aliphatic hydroxyl groups is 1. The van der Waals surface area contributed by atoms with Gasteiger partial charge in [-0.2, -0.15) is 0 Å². The number of benzene rings is 1. The zero-order valence-electron chi connectivity index (χ0n) is 16.1. The van der Waals surface area contributed by atoms with Gasteiger partial charge in [0.1, 0.15) is 0 Å². The van der Waals surface area contributed by atoms with E-state index in [1.165, 1.54) is 6.33 Å². The number of amides is 2. The second-order valence-electron chi connectivity index (χ2n) is 6.81. The van der Waals surface area contributed by atoms with Crippen LogP contribution in [-0.2, 0) is 4.79 Å². The van der Waals surface area contributed by atoms with E-state index in [-0.39, 0.29) is 18.4 Å². The van der Waals surface area contributed by atoms with Gasteiger partial charge < -0.3 is 20.7 Å². The third kappa shape index (κ3) is 3.58. The summed E-state index contributed by atoms with van der Waals surface area (Å²) in [6.45, 7) is 3.45. The number of carbonyl (C=O) groups excluding carboxylic acids is 2. The van der Waals surface area contributed by atoms with E-state index in [1.807, 2.05) is 0 Å². The summed E-state index contributed by atoms with van der Waals surface area (Å²) >= 11 is 6.08. The minimum Gasteiger partial charge on any atom is -0.369 e. The van der Waals surface area contributed by atoms with Crippen LogP contribution in [0.15, 0.2) is 24.5 Å². The number of carbonyl (C=O) groups is 2. The number of aromatic amines is 1. The van der Waals surface area contributed by atoms with Gasteiger partial charge in [-0.25, -0.2) is 0 Å². The van der Waals surface area contributed by atoms with Crippen molar-refractivity contribution in [3.8, 4) is 0 Å². The van der Waals surface area contributed by atoms with E-state index >= 15 is 0 Å². The fourth-order valence-corrected chi connectivity index (χ4v) is 3.54. The lowest BCUT2D eigenvalue weighted by Crippen LogP contribution is -2.32. The summed E-state index contributed by atoms with van der Waals surface area (Å²) in [5.41, 5.74) is 4.22. The number of nitrogens with one attached hydrogen (secondary N) is 3. The van der Waals surface area contributed by atoms with Crippen LogP contribution in [0.4, 0.5) is 5.69 Å². The van der Waals surface area contributed by atoms with Gasteiger partial charge in [-0.15, -0.1) is 15.0 Å². The Hall–Kier alpha value is -3.50. The highest BCUT2D eigenvalue weighted by atomic mass is 35.5. The topological polar surface area (TPSA) is 138 Å². The lowest BCUT2D eigenvalue weighted by molar-refractivity contribution is -0.110. The molecule has 2 aromatic heterocycles. The van der Waals surface area contributed by atoms with Crippen molar-refractivity contribution in [1.29, 1.82) is 0 Å². The Morgan fingerprint density at radius 3 is 2.93 bits per heavy atom. The first-order chi connectivity index (χ1) is 14.3. The molecule has 0 spiro atoms. The summed E-state index contributed by atoms with van der Waals surface area (Å²) in [6.07, 6.45) is 1.75. The third-order valence-corrected chi connectivity index (χ3v) is 5.07. The van der Waals surface area contributed by atoms with Crippen LogP contribution in [0.2, 0.25) is 5.02 Å². The quantitative estimate of drug-likeness (QED) is 0.457. The summed E-state index contributed by atoms with van der Waals surface area (Å²) in [6, 6.07) is 5.18. The lowest BCUT2D eigenvalue weighted by Gasteiger charge is -2.10. The van der Waals surface area contributed by atoms with E-state index in [9.17, 15) is 14.7 Å². The molecule has 1 aliphatic heterocycles. The number of hydrogen-bond acceptors (Lipinski definition) is 6. The maximum atomic E-state index is 12.7. The van der Waals surface area contributed by atoms with Crippen LogP contribution in [0.25, 0.3) is 11.6 Å². The van der Waals surface area contributed by atoms with Crippen molar-refractivity contribution >= 4 is 40.8 Å². The summed E-state index contributed by atoms with van der Waals surface area (Å²) < 4.78 is 0. The van der Waals surface area contributed by atoms with Gasteiger partial charge in [0.2, 0.25) is 0 Å². The second kappa shape index (κ2) is 7.73. The predicted molar refractivity (Wildman–Crippen MR) is 110 cm³/mol. The van der Waals surface area contributed by atoms with Crippen LogP contribution < -0.4 is 10.6 Å². The van der Waals surface area contributed by atoms with E-state index in [0.29, 0.717) is 44.4 Å². The van der Waals surface area contributed by atoms with Crippen LogP contribution >= 0.6 is 11.6 Å². The fourth-order valence-electron chi connectivity index (χ4n) is 3.37. The van der Waals surface area contributed by atoms with Crippen molar-refractivity contribution < 1.29 is 14.7 Å². The Bertz CT molecular complexity index is 1170. The van der Waals surface area contributed by atoms with Gasteiger partial charge in [-0.3, -0.25) is 9.59 Å². The lowest BCUT2D eigenvalue weighted by atomic mass is 10.0. The van der Waals surface area contributed by atoms with Crippen LogP contribution in [0.1, 0.15) is 39.1 Å². The number of aromatic nitrogens is 5. The van der Waals surface area contributed by atoms with Crippen molar-refractivity contribution in [1.82, 2.24) is 30.5 Å².